The largest absolute Gasteiger partial charge is 0.422 e. The van der Waals surface area contributed by atoms with E-state index in [2.05, 4.69) is 5.32 Å². The Hall–Kier alpha value is -3.09. The van der Waals surface area contributed by atoms with E-state index in [1.807, 2.05) is 0 Å². The molecule has 134 valence electrons. The number of carbonyl (C=O) groups is 1. The predicted octanol–water partition coefficient (Wildman–Crippen LogP) is 4.30. The third-order valence-corrected chi connectivity index (χ3v) is 3.97. The van der Waals surface area contributed by atoms with Gasteiger partial charge in [-0.1, -0.05) is 30.3 Å². The number of rotatable bonds is 3. The molecule has 4 nitrogen and oxygen atoms in total. The van der Waals surface area contributed by atoms with Crippen LogP contribution in [0.2, 0.25) is 0 Å². The van der Waals surface area contributed by atoms with Crippen LogP contribution in [0.15, 0.2) is 63.8 Å². The first kappa shape index (κ1) is 17.7. The van der Waals surface area contributed by atoms with Gasteiger partial charge < -0.3 is 9.73 Å². The molecule has 7 heteroatoms. The molecule has 0 bridgehead atoms. The van der Waals surface area contributed by atoms with Gasteiger partial charge in [0.1, 0.15) is 11.1 Å². The monoisotopic (exact) mass is 361 g/mol. The van der Waals surface area contributed by atoms with Gasteiger partial charge in [-0.25, -0.2) is 4.79 Å². The third-order valence-electron chi connectivity index (χ3n) is 3.97. The highest BCUT2D eigenvalue weighted by Gasteiger charge is 2.30. The van der Waals surface area contributed by atoms with Crippen LogP contribution in [0.5, 0.6) is 0 Å². The van der Waals surface area contributed by atoms with E-state index in [4.69, 9.17) is 4.42 Å². The molecule has 2 aromatic carbocycles. The fourth-order valence-corrected chi connectivity index (χ4v) is 2.54. The molecule has 3 rings (SSSR count). The first-order chi connectivity index (χ1) is 12.3. The Morgan fingerprint density at radius 1 is 1.08 bits per heavy atom. The van der Waals surface area contributed by atoms with Crippen molar-refractivity contribution in [3.63, 3.8) is 0 Å². The number of amides is 1. The first-order valence-corrected chi connectivity index (χ1v) is 7.76. The molecule has 1 aromatic heterocycles. The molecule has 0 radical (unpaired) electrons. The SMILES string of the molecule is C[C@H](NC(=O)c1cc2ccccc2oc1=O)c1ccc(C(F)(F)F)cc1. The van der Waals surface area contributed by atoms with Crippen molar-refractivity contribution in [3.05, 3.63) is 81.7 Å². The minimum atomic E-state index is -4.42. The lowest BCUT2D eigenvalue weighted by molar-refractivity contribution is -0.137. The summed E-state index contributed by atoms with van der Waals surface area (Å²) in [6.07, 6.45) is -4.42. The fraction of sp³-hybridized carbons (Fsp3) is 0.158. The zero-order valence-corrected chi connectivity index (χ0v) is 13.6. The quantitative estimate of drug-likeness (QED) is 0.708. The summed E-state index contributed by atoms with van der Waals surface area (Å²) in [6, 6.07) is 12.1. The van der Waals surface area contributed by atoms with E-state index < -0.39 is 29.3 Å². The van der Waals surface area contributed by atoms with Crippen LogP contribution in [-0.2, 0) is 6.18 Å². The minimum Gasteiger partial charge on any atom is -0.422 e. The van der Waals surface area contributed by atoms with Crippen LogP contribution < -0.4 is 10.9 Å². The Balaban J connectivity index is 1.81. The van der Waals surface area contributed by atoms with Crippen LogP contribution in [0.4, 0.5) is 13.2 Å². The van der Waals surface area contributed by atoms with Crippen molar-refractivity contribution in [2.24, 2.45) is 0 Å². The molecule has 26 heavy (non-hydrogen) atoms. The van der Waals surface area contributed by atoms with E-state index in [9.17, 15) is 22.8 Å². The second-order valence-corrected chi connectivity index (χ2v) is 5.80. The maximum absolute atomic E-state index is 12.6. The maximum atomic E-state index is 12.6. The van der Waals surface area contributed by atoms with E-state index >= 15 is 0 Å². The van der Waals surface area contributed by atoms with Crippen LogP contribution in [0.1, 0.15) is 34.5 Å². The Labute approximate surface area is 146 Å². The van der Waals surface area contributed by atoms with Gasteiger partial charge in [0.25, 0.3) is 5.91 Å². The lowest BCUT2D eigenvalue weighted by Crippen LogP contribution is -2.30. The first-order valence-electron chi connectivity index (χ1n) is 7.76. The molecule has 1 atom stereocenters. The van der Waals surface area contributed by atoms with Crippen molar-refractivity contribution in [1.29, 1.82) is 0 Å². The van der Waals surface area contributed by atoms with E-state index in [0.717, 1.165) is 12.1 Å². The van der Waals surface area contributed by atoms with Crippen molar-refractivity contribution in [1.82, 2.24) is 5.32 Å². The molecule has 0 unspecified atom stereocenters. The maximum Gasteiger partial charge on any atom is 0.416 e. The average molecular weight is 361 g/mol. The molecule has 3 aromatic rings. The molecule has 1 N–H and O–H groups in total. The van der Waals surface area contributed by atoms with Crippen molar-refractivity contribution < 1.29 is 22.4 Å². The lowest BCUT2D eigenvalue weighted by Gasteiger charge is -2.15. The molecule has 0 spiro atoms. The number of alkyl halides is 3. The van der Waals surface area contributed by atoms with Crippen LogP contribution in [0.3, 0.4) is 0 Å². The van der Waals surface area contributed by atoms with Gasteiger partial charge in [0, 0.05) is 5.39 Å². The Morgan fingerprint density at radius 3 is 2.38 bits per heavy atom. The molecule has 0 fully saturated rings. The van der Waals surface area contributed by atoms with Crippen molar-refractivity contribution in [2.45, 2.75) is 19.1 Å². The van der Waals surface area contributed by atoms with E-state index in [1.54, 1.807) is 31.2 Å². The highest BCUT2D eigenvalue weighted by Crippen LogP contribution is 2.29. The van der Waals surface area contributed by atoms with Crippen LogP contribution in [0.25, 0.3) is 11.0 Å². The van der Waals surface area contributed by atoms with Gasteiger partial charge in [-0.05, 0) is 36.8 Å². The Kier molecular flexibility index (Phi) is 4.54. The van der Waals surface area contributed by atoms with Gasteiger partial charge in [-0.15, -0.1) is 0 Å². The van der Waals surface area contributed by atoms with Crippen molar-refractivity contribution >= 4 is 16.9 Å². The van der Waals surface area contributed by atoms with Crippen molar-refractivity contribution in [2.75, 3.05) is 0 Å². The predicted molar refractivity (Wildman–Crippen MR) is 89.8 cm³/mol. The second kappa shape index (κ2) is 6.67. The van der Waals surface area contributed by atoms with Gasteiger partial charge in [0.2, 0.25) is 0 Å². The topological polar surface area (TPSA) is 59.3 Å². The number of carbonyl (C=O) groups excluding carboxylic acids is 1. The second-order valence-electron chi connectivity index (χ2n) is 5.80. The van der Waals surface area contributed by atoms with Crippen LogP contribution >= 0.6 is 0 Å². The zero-order valence-electron chi connectivity index (χ0n) is 13.6. The number of para-hydroxylation sites is 1. The summed E-state index contributed by atoms with van der Waals surface area (Å²) in [7, 11) is 0. The zero-order chi connectivity index (χ0) is 18.9. The van der Waals surface area contributed by atoms with Gasteiger partial charge >= 0.3 is 11.8 Å². The highest BCUT2D eigenvalue weighted by atomic mass is 19.4. The van der Waals surface area contributed by atoms with Gasteiger partial charge in [-0.2, -0.15) is 13.2 Å². The summed E-state index contributed by atoms with van der Waals surface area (Å²) < 4.78 is 42.9. The Morgan fingerprint density at radius 2 is 1.73 bits per heavy atom. The molecule has 0 aliphatic rings. The summed E-state index contributed by atoms with van der Waals surface area (Å²) >= 11 is 0. The van der Waals surface area contributed by atoms with Gasteiger partial charge in [-0.3, -0.25) is 4.79 Å². The lowest BCUT2D eigenvalue weighted by atomic mass is 10.1. The van der Waals surface area contributed by atoms with Crippen LogP contribution in [-0.4, -0.2) is 5.91 Å². The summed E-state index contributed by atoms with van der Waals surface area (Å²) in [5.74, 6) is -0.656. The normalized spacial score (nSPS) is 12.8. The highest BCUT2D eigenvalue weighted by molar-refractivity contribution is 5.96. The number of nitrogens with one attached hydrogen (secondary N) is 1. The standard InChI is InChI=1S/C19H14F3NO3/c1-11(12-6-8-14(9-7-12)19(20,21)22)23-17(24)15-10-13-4-2-3-5-16(13)26-18(15)25/h2-11H,1H3,(H,23,24)/t11-/m0/s1. The number of benzene rings is 2. The summed E-state index contributed by atoms with van der Waals surface area (Å²) in [4.78, 5) is 24.4. The molecule has 0 aliphatic heterocycles. The molecule has 1 amide bonds. The number of hydrogen-bond acceptors (Lipinski definition) is 3. The van der Waals surface area contributed by atoms with Crippen LogP contribution in [0, 0.1) is 0 Å². The van der Waals surface area contributed by atoms with E-state index in [-0.39, 0.29) is 5.56 Å². The third kappa shape index (κ3) is 3.61. The molecule has 0 saturated carbocycles. The molecule has 0 aliphatic carbocycles. The van der Waals surface area contributed by atoms with Crippen molar-refractivity contribution in [3.8, 4) is 0 Å². The molecular weight excluding hydrogens is 347 g/mol. The smallest absolute Gasteiger partial charge is 0.416 e. The molecule has 0 saturated heterocycles. The Bertz CT molecular complexity index is 1010. The number of halogens is 3. The summed E-state index contributed by atoms with van der Waals surface area (Å²) in [5, 5.41) is 3.19. The fourth-order valence-electron chi connectivity index (χ4n) is 2.54. The number of fused-ring (bicyclic) bond motifs is 1. The van der Waals surface area contributed by atoms with Gasteiger partial charge in [0.15, 0.2) is 0 Å². The summed E-state index contributed by atoms with van der Waals surface area (Å²) in [5.41, 5.74) is -0.861. The summed E-state index contributed by atoms with van der Waals surface area (Å²) in [6.45, 7) is 1.61. The van der Waals surface area contributed by atoms with E-state index in [1.165, 1.54) is 18.2 Å². The number of hydrogen-bond donors (Lipinski definition) is 1. The van der Waals surface area contributed by atoms with E-state index in [0.29, 0.717) is 16.5 Å². The van der Waals surface area contributed by atoms with Gasteiger partial charge in [0.05, 0.1) is 11.6 Å². The average Bonchev–Trinajstić information content (AvgIpc) is 2.60. The molecule has 1 heterocycles. The molecular formula is C19H14F3NO3. The minimum absolute atomic E-state index is 0.164.